The lowest BCUT2D eigenvalue weighted by Crippen LogP contribution is -2.31. The highest BCUT2D eigenvalue weighted by atomic mass is 32.3. The molecule has 1 saturated heterocycles. The Labute approximate surface area is 88.8 Å². The number of rotatable bonds is 3. The quantitative estimate of drug-likeness (QED) is 0.560. The van der Waals surface area contributed by atoms with Gasteiger partial charge in [-0.05, 0) is 0 Å². The summed E-state index contributed by atoms with van der Waals surface area (Å²) in [5, 5.41) is 0. The minimum absolute atomic E-state index is 0.0941. The van der Waals surface area contributed by atoms with Crippen molar-refractivity contribution in [2.45, 2.75) is 17.7 Å². The summed E-state index contributed by atoms with van der Waals surface area (Å²) in [5.74, 6) is 2.25. The normalized spacial score (nSPS) is 32.8. The van der Waals surface area contributed by atoms with E-state index >= 15 is 0 Å². The lowest BCUT2D eigenvalue weighted by molar-refractivity contribution is 0.0439. The zero-order valence-electron chi connectivity index (χ0n) is 8.06. The van der Waals surface area contributed by atoms with E-state index in [9.17, 15) is 8.42 Å². The molecule has 0 bridgehead atoms. The van der Waals surface area contributed by atoms with Crippen LogP contribution in [0.2, 0.25) is 0 Å². The second-order valence-electron chi connectivity index (χ2n) is 3.23. The van der Waals surface area contributed by atoms with Crippen molar-refractivity contribution in [3.8, 4) is 12.3 Å². The van der Waals surface area contributed by atoms with Crippen LogP contribution in [0.3, 0.4) is 0 Å². The lowest BCUT2D eigenvalue weighted by Gasteiger charge is -2.16. The molecule has 0 aliphatic carbocycles. The Morgan fingerprint density at radius 1 is 1.64 bits per heavy atom. The average Bonchev–Trinajstić information content (AvgIpc) is 2.42. The van der Waals surface area contributed by atoms with Gasteiger partial charge in [-0.3, -0.25) is 0 Å². The average molecular weight is 235 g/mol. The molecule has 0 aromatic carbocycles. The molecule has 0 radical (unpaired) electrons. The molecule has 80 valence electrons. The molecule has 0 saturated carbocycles. The van der Waals surface area contributed by atoms with Gasteiger partial charge in [-0.25, -0.2) is 13.1 Å². The molecule has 0 spiro atoms. The van der Waals surface area contributed by atoms with Crippen LogP contribution in [0.1, 0.15) is 6.92 Å². The first-order valence-electron chi connectivity index (χ1n) is 4.12. The lowest BCUT2D eigenvalue weighted by atomic mass is 10.2. The second-order valence-corrected chi connectivity index (χ2v) is 6.67. The van der Waals surface area contributed by atoms with Crippen LogP contribution in [0.15, 0.2) is 0 Å². The number of ether oxygens (including phenoxy) is 1. The van der Waals surface area contributed by atoms with Crippen LogP contribution in [0.25, 0.3) is 0 Å². The molecule has 1 heterocycles. The number of nitrogens with one attached hydrogen (secondary N) is 1. The molecule has 14 heavy (non-hydrogen) atoms. The van der Waals surface area contributed by atoms with Crippen LogP contribution >= 0.6 is 11.9 Å². The van der Waals surface area contributed by atoms with Gasteiger partial charge in [0.05, 0.1) is 0 Å². The third kappa shape index (κ3) is 2.64. The molecule has 4 nitrogen and oxygen atoms in total. The van der Waals surface area contributed by atoms with E-state index in [4.69, 9.17) is 11.2 Å². The van der Waals surface area contributed by atoms with Crippen molar-refractivity contribution >= 4 is 21.8 Å². The Kier molecular flexibility index (Phi) is 3.84. The van der Waals surface area contributed by atoms with E-state index in [1.165, 1.54) is 18.2 Å². The number of hydrogen-bond acceptors (Lipinski definition) is 5. The zero-order valence-corrected chi connectivity index (χ0v) is 9.69. The van der Waals surface area contributed by atoms with E-state index in [-0.39, 0.29) is 18.8 Å². The first kappa shape index (κ1) is 11.9. The maximum absolute atomic E-state index is 11.3. The molecule has 1 N–H and O–H groups in total. The second kappa shape index (κ2) is 4.53. The van der Waals surface area contributed by atoms with Gasteiger partial charge < -0.3 is 4.74 Å². The summed E-state index contributed by atoms with van der Waals surface area (Å²) in [6, 6.07) is 0. The zero-order chi connectivity index (χ0) is 10.8. The third-order valence-corrected chi connectivity index (χ3v) is 5.62. The van der Waals surface area contributed by atoms with Crippen molar-refractivity contribution < 1.29 is 13.2 Å². The van der Waals surface area contributed by atoms with Gasteiger partial charge in [-0.1, -0.05) is 24.8 Å². The molecular weight excluding hydrogens is 222 g/mol. The fourth-order valence-electron chi connectivity index (χ4n) is 1.29. The molecule has 1 fully saturated rings. The fraction of sp³-hybridized carbons (Fsp3) is 0.750. The van der Waals surface area contributed by atoms with E-state index in [1.54, 1.807) is 0 Å². The molecular formula is C8H13NO3S2. The van der Waals surface area contributed by atoms with Crippen molar-refractivity contribution in [1.82, 2.24) is 4.72 Å². The van der Waals surface area contributed by atoms with Gasteiger partial charge in [-0.2, -0.15) is 0 Å². The fourth-order valence-corrected chi connectivity index (χ4v) is 3.99. The minimum Gasteiger partial charge on any atom is -0.350 e. The molecule has 0 aromatic rings. The Morgan fingerprint density at radius 3 is 2.71 bits per heavy atom. The Bertz CT molecular complexity index is 333. The maximum atomic E-state index is 11.3. The molecule has 0 aromatic heterocycles. The van der Waals surface area contributed by atoms with Gasteiger partial charge in [0.2, 0.25) is 0 Å². The van der Waals surface area contributed by atoms with Crippen molar-refractivity contribution in [3.63, 3.8) is 0 Å². The van der Waals surface area contributed by atoms with Crippen LogP contribution in [0.5, 0.6) is 0 Å². The molecule has 1 aliphatic heterocycles. The van der Waals surface area contributed by atoms with Crippen LogP contribution < -0.4 is 4.72 Å². The van der Waals surface area contributed by atoms with Crippen molar-refractivity contribution in [1.29, 1.82) is 0 Å². The van der Waals surface area contributed by atoms with E-state index in [1.807, 2.05) is 6.92 Å². The maximum Gasteiger partial charge on any atom is 0.161 e. The van der Waals surface area contributed by atoms with Crippen LogP contribution in [-0.2, 0) is 14.6 Å². The summed E-state index contributed by atoms with van der Waals surface area (Å²) >= 11 is 1.18. The van der Waals surface area contributed by atoms with E-state index in [2.05, 4.69) is 10.6 Å². The predicted octanol–water partition coefficient (Wildman–Crippen LogP) is 0.220. The molecule has 0 amide bonds. The van der Waals surface area contributed by atoms with Gasteiger partial charge in [0, 0.05) is 12.2 Å². The molecule has 3 unspecified atom stereocenters. The third-order valence-electron chi connectivity index (χ3n) is 1.98. The van der Waals surface area contributed by atoms with Crippen LogP contribution in [0.4, 0.5) is 0 Å². The van der Waals surface area contributed by atoms with Gasteiger partial charge in [0.15, 0.2) is 9.84 Å². The van der Waals surface area contributed by atoms with Crippen LogP contribution in [-0.4, -0.2) is 32.1 Å². The largest absolute Gasteiger partial charge is 0.350 e. The Balaban J connectivity index is 2.61. The molecule has 6 heteroatoms. The van der Waals surface area contributed by atoms with Gasteiger partial charge in [0.25, 0.3) is 0 Å². The highest BCUT2D eigenvalue weighted by Gasteiger charge is 2.40. The topological polar surface area (TPSA) is 55.4 Å². The Hall–Kier alpha value is -0.220. The standard InChI is InChI=1S/C8H13NO3S2/c1-4-5-12-7-6(2)8(13-9-7)14(3,10)11/h1,6-9H,5H2,2-3H3. The summed E-state index contributed by atoms with van der Waals surface area (Å²) in [6.07, 6.45) is 5.99. The van der Waals surface area contributed by atoms with Crippen LogP contribution in [0, 0.1) is 18.3 Å². The summed E-state index contributed by atoms with van der Waals surface area (Å²) < 4.78 is 30.3. The summed E-state index contributed by atoms with van der Waals surface area (Å²) in [7, 11) is -3.04. The number of sulfone groups is 1. The summed E-state index contributed by atoms with van der Waals surface area (Å²) in [4.78, 5) is 0. The summed E-state index contributed by atoms with van der Waals surface area (Å²) in [6.45, 7) is 2.03. The SMILES string of the molecule is C#CCOC1NSC(S(C)(=O)=O)C1C. The van der Waals surface area contributed by atoms with Gasteiger partial charge >= 0.3 is 0 Å². The van der Waals surface area contributed by atoms with Crippen molar-refractivity contribution in [2.75, 3.05) is 12.9 Å². The molecule has 1 rings (SSSR count). The van der Waals surface area contributed by atoms with Gasteiger partial charge in [-0.15, -0.1) is 6.42 Å². The predicted molar refractivity (Wildman–Crippen MR) is 57.1 cm³/mol. The molecule has 1 aliphatic rings. The Morgan fingerprint density at radius 2 is 2.29 bits per heavy atom. The smallest absolute Gasteiger partial charge is 0.161 e. The highest BCUT2D eigenvalue weighted by molar-refractivity contribution is 8.12. The van der Waals surface area contributed by atoms with E-state index < -0.39 is 14.4 Å². The monoisotopic (exact) mass is 235 g/mol. The van der Waals surface area contributed by atoms with E-state index in [0.29, 0.717) is 0 Å². The van der Waals surface area contributed by atoms with Crippen molar-refractivity contribution in [2.24, 2.45) is 5.92 Å². The number of hydrogen-bond donors (Lipinski definition) is 1. The number of terminal acetylenes is 1. The van der Waals surface area contributed by atoms with Crippen molar-refractivity contribution in [3.05, 3.63) is 0 Å². The first-order chi connectivity index (χ1) is 6.46. The van der Waals surface area contributed by atoms with E-state index in [0.717, 1.165) is 0 Å². The molecule has 3 atom stereocenters. The minimum atomic E-state index is -3.04. The first-order valence-corrected chi connectivity index (χ1v) is 6.95. The highest BCUT2D eigenvalue weighted by Crippen LogP contribution is 2.32. The summed E-state index contributed by atoms with van der Waals surface area (Å²) in [5.41, 5.74) is 0. The van der Waals surface area contributed by atoms with Gasteiger partial charge in [0.1, 0.15) is 17.4 Å².